The number of alkyl halides is 3. The zero-order valence-corrected chi connectivity index (χ0v) is 18.3. The zero-order chi connectivity index (χ0) is 23.7. The first-order chi connectivity index (χ1) is 15.0. The molecule has 0 radical (unpaired) electrons. The molecule has 1 amide bonds. The molecule has 0 aliphatic carbocycles. The van der Waals surface area contributed by atoms with Gasteiger partial charge >= 0.3 is 6.18 Å². The van der Waals surface area contributed by atoms with Crippen LogP contribution in [0, 0.1) is 11.2 Å². The molecule has 2 atom stereocenters. The van der Waals surface area contributed by atoms with E-state index in [0.29, 0.717) is 23.1 Å². The smallest absolute Gasteiger partial charge is 0.346 e. The molecular weight excluding hydrogens is 422 g/mol. The number of rotatable bonds is 6. The van der Waals surface area contributed by atoms with Crippen LogP contribution in [0.4, 0.5) is 17.6 Å². The van der Waals surface area contributed by atoms with Gasteiger partial charge in [-0.15, -0.1) is 0 Å². The Hall–Kier alpha value is -2.90. The van der Waals surface area contributed by atoms with Gasteiger partial charge in [0.1, 0.15) is 5.82 Å². The fourth-order valence-corrected chi connectivity index (χ4v) is 4.19. The predicted octanol–water partition coefficient (Wildman–Crippen LogP) is 5.57. The van der Waals surface area contributed by atoms with Gasteiger partial charge in [0.2, 0.25) is 5.91 Å². The van der Waals surface area contributed by atoms with E-state index < -0.39 is 29.1 Å². The maximum absolute atomic E-state index is 14.4. The predicted molar refractivity (Wildman–Crippen MR) is 115 cm³/mol. The Morgan fingerprint density at radius 2 is 1.78 bits per heavy atom. The van der Waals surface area contributed by atoms with Gasteiger partial charge in [-0.05, 0) is 54.7 Å². The van der Waals surface area contributed by atoms with E-state index >= 15 is 0 Å². The fraction of sp³-hybridized carbons (Fsp3) is 0.417. The third-order valence-corrected chi connectivity index (χ3v) is 6.13. The maximum Gasteiger partial charge on any atom is 0.416 e. The minimum atomic E-state index is -4.49. The number of aryl methyl sites for hydroxylation is 1. The van der Waals surface area contributed by atoms with Crippen LogP contribution in [0.5, 0.6) is 0 Å². The van der Waals surface area contributed by atoms with Crippen molar-refractivity contribution in [2.75, 3.05) is 7.05 Å². The molecule has 2 aromatic carbocycles. The van der Waals surface area contributed by atoms with E-state index in [1.165, 1.54) is 25.2 Å². The number of unbranched alkanes of at least 4 members (excludes halogenated alkanes) is 2. The first kappa shape index (κ1) is 23.8. The molecule has 0 spiro atoms. The summed E-state index contributed by atoms with van der Waals surface area (Å²) in [6.45, 7) is 3.78. The second-order valence-electron chi connectivity index (χ2n) is 8.39. The highest BCUT2D eigenvalue weighted by Gasteiger charge is 2.48. The molecule has 0 saturated carbocycles. The number of likely N-dealkylation sites (N-methyl/N-ethyl adjacent to an activating group) is 1. The molecule has 3 rings (SSSR count). The van der Waals surface area contributed by atoms with Crippen LogP contribution in [0.2, 0.25) is 0 Å². The molecule has 1 saturated heterocycles. The lowest BCUT2D eigenvalue weighted by molar-refractivity contribution is -0.137. The molecule has 172 valence electrons. The highest BCUT2D eigenvalue weighted by Crippen LogP contribution is 2.42. The average molecular weight is 449 g/mol. The Balaban J connectivity index is 2.07. The van der Waals surface area contributed by atoms with Crippen LogP contribution in [-0.2, 0) is 22.9 Å². The molecular formula is C24H27F4N3O. The number of halogens is 4. The van der Waals surface area contributed by atoms with Crippen molar-refractivity contribution in [1.82, 2.24) is 10.2 Å². The number of carbonyl (C=O) groups excluding carboxylic acids is 1. The van der Waals surface area contributed by atoms with Crippen molar-refractivity contribution in [3.8, 4) is 0 Å². The van der Waals surface area contributed by atoms with Crippen LogP contribution >= 0.6 is 0 Å². The van der Waals surface area contributed by atoms with E-state index in [-0.39, 0.29) is 11.8 Å². The number of amides is 1. The summed E-state index contributed by atoms with van der Waals surface area (Å²) < 4.78 is 53.5. The Bertz CT molecular complexity index is 1000. The van der Waals surface area contributed by atoms with Gasteiger partial charge in [0.15, 0.2) is 5.96 Å². The minimum absolute atomic E-state index is 0.127. The van der Waals surface area contributed by atoms with Crippen LogP contribution < -0.4 is 5.32 Å². The third-order valence-electron chi connectivity index (χ3n) is 6.13. The van der Waals surface area contributed by atoms with Crippen molar-refractivity contribution < 1.29 is 22.4 Å². The Morgan fingerprint density at radius 3 is 2.38 bits per heavy atom. The lowest BCUT2D eigenvalue weighted by atomic mass is 9.73. The number of carbonyl (C=O) groups is 1. The van der Waals surface area contributed by atoms with Crippen molar-refractivity contribution in [2.45, 2.75) is 57.2 Å². The van der Waals surface area contributed by atoms with Crippen LogP contribution in [0.15, 0.2) is 42.5 Å². The summed E-state index contributed by atoms with van der Waals surface area (Å²) in [6, 6.07) is 9.09. The zero-order valence-electron chi connectivity index (χ0n) is 18.3. The molecule has 1 aliphatic heterocycles. The number of hydrogen-bond acceptors (Lipinski definition) is 2. The summed E-state index contributed by atoms with van der Waals surface area (Å²) in [5.41, 5.74) is -0.452. The molecule has 0 bridgehead atoms. The summed E-state index contributed by atoms with van der Waals surface area (Å²) in [5, 5.41) is 11.2. The first-order valence-electron chi connectivity index (χ1n) is 10.6. The van der Waals surface area contributed by atoms with Gasteiger partial charge in [-0.1, -0.05) is 44.0 Å². The number of nitrogens with one attached hydrogen (secondary N) is 2. The molecule has 2 N–H and O–H groups in total. The second-order valence-corrected chi connectivity index (χ2v) is 8.39. The quantitative estimate of drug-likeness (QED) is 0.447. The highest BCUT2D eigenvalue weighted by atomic mass is 19.4. The SMILES string of the molecule is CCCCCc1cc([C@@]2(C)NC(=N)N(C)C(=O)[C@H]2c2ccc(C(F)(F)F)cc2)ccc1F. The first-order valence-corrected chi connectivity index (χ1v) is 10.6. The number of hydrogen-bond donors (Lipinski definition) is 2. The minimum Gasteiger partial charge on any atom is -0.346 e. The standard InChI is InChI=1S/C24H27F4N3O/c1-4-5-6-7-16-14-18(12-13-19(16)25)23(2)20(21(32)31(3)22(29)30-23)15-8-10-17(11-9-15)24(26,27)28/h8-14,20H,4-7H2,1-3H3,(H2,29,30)/t20-,23-/m1/s1. The Morgan fingerprint density at radius 1 is 1.12 bits per heavy atom. The van der Waals surface area contributed by atoms with Crippen molar-refractivity contribution in [3.63, 3.8) is 0 Å². The monoisotopic (exact) mass is 449 g/mol. The molecule has 8 heteroatoms. The Kier molecular flexibility index (Phi) is 6.62. The number of benzene rings is 2. The normalized spacial score (nSPS) is 21.6. The van der Waals surface area contributed by atoms with Crippen molar-refractivity contribution in [3.05, 3.63) is 70.5 Å². The van der Waals surface area contributed by atoms with Crippen molar-refractivity contribution in [2.24, 2.45) is 0 Å². The van der Waals surface area contributed by atoms with Gasteiger partial charge in [0.25, 0.3) is 0 Å². The third kappa shape index (κ3) is 4.49. The fourth-order valence-electron chi connectivity index (χ4n) is 4.19. The van der Waals surface area contributed by atoms with Crippen LogP contribution in [0.25, 0.3) is 0 Å². The average Bonchev–Trinajstić information content (AvgIpc) is 2.73. The molecule has 0 unspecified atom stereocenters. The van der Waals surface area contributed by atoms with Crippen molar-refractivity contribution in [1.29, 1.82) is 5.41 Å². The van der Waals surface area contributed by atoms with Crippen molar-refractivity contribution >= 4 is 11.9 Å². The van der Waals surface area contributed by atoms with Gasteiger partial charge in [0.05, 0.1) is 17.0 Å². The topological polar surface area (TPSA) is 56.2 Å². The summed E-state index contributed by atoms with van der Waals surface area (Å²) in [5.74, 6) is -1.79. The Labute approximate surface area is 185 Å². The number of guanidine groups is 1. The molecule has 32 heavy (non-hydrogen) atoms. The largest absolute Gasteiger partial charge is 0.416 e. The van der Waals surface area contributed by atoms with E-state index in [9.17, 15) is 22.4 Å². The van der Waals surface area contributed by atoms with Gasteiger partial charge in [-0.2, -0.15) is 13.2 Å². The summed E-state index contributed by atoms with van der Waals surface area (Å²) in [6.07, 6.45) is -1.17. The summed E-state index contributed by atoms with van der Waals surface area (Å²) in [7, 11) is 1.44. The van der Waals surface area contributed by atoms with Gasteiger partial charge in [0, 0.05) is 7.05 Å². The van der Waals surface area contributed by atoms with Crippen LogP contribution in [-0.4, -0.2) is 23.8 Å². The van der Waals surface area contributed by atoms with Gasteiger partial charge in [-0.3, -0.25) is 15.1 Å². The van der Waals surface area contributed by atoms with E-state index in [1.807, 2.05) is 0 Å². The van der Waals surface area contributed by atoms with E-state index in [2.05, 4.69) is 12.2 Å². The highest BCUT2D eigenvalue weighted by molar-refractivity contribution is 6.02. The van der Waals surface area contributed by atoms with Crippen LogP contribution in [0.3, 0.4) is 0 Å². The lowest BCUT2D eigenvalue weighted by Crippen LogP contribution is -2.62. The van der Waals surface area contributed by atoms with E-state index in [1.54, 1.807) is 19.1 Å². The lowest BCUT2D eigenvalue weighted by Gasteiger charge is -2.46. The van der Waals surface area contributed by atoms with Gasteiger partial charge in [-0.25, -0.2) is 4.39 Å². The molecule has 1 fully saturated rings. The maximum atomic E-state index is 14.4. The summed E-state index contributed by atoms with van der Waals surface area (Å²) >= 11 is 0. The molecule has 2 aromatic rings. The summed E-state index contributed by atoms with van der Waals surface area (Å²) in [4.78, 5) is 14.4. The van der Waals surface area contributed by atoms with E-state index in [0.717, 1.165) is 36.3 Å². The molecule has 4 nitrogen and oxygen atoms in total. The van der Waals surface area contributed by atoms with Gasteiger partial charge < -0.3 is 5.32 Å². The second kappa shape index (κ2) is 8.92. The van der Waals surface area contributed by atoms with E-state index in [4.69, 9.17) is 5.41 Å². The molecule has 0 aromatic heterocycles. The number of nitrogens with zero attached hydrogens (tertiary/aromatic N) is 1. The molecule has 1 aliphatic rings. The molecule has 1 heterocycles. The van der Waals surface area contributed by atoms with Crippen LogP contribution in [0.1, 0.15) is 61.3 Å².